The van der Waals surface area contributed by atoms with E-state index in [1.165, 1.54) is 0 Å². The van der Waals surface area contributed by atoms with Gasteiger partial charge in [0.2, 0.25) is 10.0 Å². The average Bonchev–Trinajstić information content (AvgIpc) is 2.90. The zero-order valence-corrected chi connectivity index (χ0v) is 12.1. The third-order valence-corrected chi connectivity index (χ3v) is 5.14. The molecule has 2 atom stereocenters. The highest BCUT2D eigenvalue weighted by Crippen LogP contribution is 2.16. The summed E-state index contributed by atoms with van der Waals surface area (Å²) in [7, 11) is -3.19. The Morgan fingerprint density at radius 1 is 1.37 bits per heavy atom. The van der Waals surface area contributed by atoms with Crippen LogP contribution in [-0.4, -0.2) is 33.8 Å². The SMILES string of the molecule is CC(CS(=O)(=O)NCC1CCNC1)c1ccccc1. The standard InChI is InChI=1S/C14H22N2O2S/c1-12(14-5-3-2-4-6-14)11-19(17,18)16-10-13-7-8-15-9-13/h2-6,12-13,15-16H,7-11H2,1H3. The summed E-state index contributed by atoms with van der Waals surface area (Å²) in [5, 5.41) is 3.24. The number of benzene rings is 1. The number of nitrogens with one attached hydrogen (secondary N) is 2. The highest BCUT2D eigenvalue weighted by atomic mass is 32.2. The minimum Gasteiger partial charge on any atom is -0.316 e. The maximum absolute atomic E-state index is 12.0. The van der Waals surface area contributed by atoms with Crippen LogP contribution in [0.15, 0.2) is 30.3 Å². The second kappa shape index (κ2) is 6.50. The summed E-state index contributed by atoms with van der Waals surface area (Å²) >= 11 is 0. The van der Waals surface area contributed by atoms with E-state index >= 15 is 0 Å². The molecule has 1 fully saturated rings. The van der Waals surface area contributed by atoms with Gasteiger partial charge in [0.15, 0.2) is 0 Å². The number of hydrogen-bond donors (Lipinski definition) is 2. The molecule has 1 aliphatic heterocycles. The fraction of sp³-hybridized carbons (Fsp3) is 0.571. The molecule has 2 unspecified atom stereocenters. The molecule has 0 aromatic heterocycles. The molecule has 0 radical (unpaired) electrons. The summed E-state index contributed by atoms with van der Waals surface area (Å²) in [6.45, 7) is 4.41. The van der Waals surface area contributed by atoms with Crippen LogP contribution in [0.4, 0.5) is 0 Å². The zero-order chi connectivity index (χ0) is 13.7. The molecule has 4 nitrogen and oxygen atoms in total. The van der Waals surface area contributed by atoms with Gasteiger partial charge < -0.3 is 5.32 Å². The van der Waals surface area contributed by atoms with E-state index in [1.807, 2.05) is 37.3 Å². The van der Waals surface area contributed by atoms with Gasteiger partial charge in [-0.1, -0.05) is 37.3 Å². The van der Waals surface area contributed by atoms with Crippen molar-refractivity contribution in [3.8, 4) is 0 Å². The average molecular weight is 282 g/mol. The van der Waals surface area contributed by atoms with Crippen LogP contribution in [0.3, 0.4) is 0 Å². The van der Waals surface area contributed by atoms with E-state index in [0.717, 1.165) is 25.1 Å². The molecule has 0 bridgehead atoms. The Kier molecular flexibility index (Phi) is 4.96. The van der Waals surface area contributed by atoms with Crippen molar-refractivity contribution in [3.05, 3.63) is 35.9 Å². The molecule has 2 N–H and O–H groups in total. The molecular formula is C14H22N2O2S. The Morgan fingerprint density at radius 2 is 2.11 bits per heavy atom. The highest BCUT2D eigenvalue weighted by molar-refractivity contribution is 7.89. The van der Waals surface area contributed by atoms with E-state index in [9.17, 15) is 8.42 Å². The molecule has 1 aromatic carbocycles. The molecule has 2 rings (SSSR count). The first-order valence-corrected chi connectivity index (χ1v) is 8.45. The molecule has 1 heterocycles. The Labute approximate surface area is 115 Å². The molecule has 0 aliphatic carbocycles. The van der Waals surface area contributed by atoms with E-state index in [0.29, 0.717) is 12.5 Å². The fourth-order valence-electron chi connectivity index (χ4n) is 2.40. The van der Waals surface area contributed by atoms with Crippen LogP contribution in [0.25, 0.3) is 0 Å². The van der Waals surface area contributed by atoms with E-state index in [2.05, 4.69) is 10.0 Å². The van der Waals surface area contributed by atoms with Crippen molar-refractivity contribution < 1.29 is 8.42 Å². The lowest BCUT2D eigenvalue weighted by molar-refractivity contribution is 0.536. The van der Waals surface area contributed by atoms with Crippen molar-refractivity contribution in [2.24, 2.45) is 5.92 Å². The lowest BCUT2D eigenvalue weighted by Crippen LogP contribution is -2.33. The van der Waals surface area contributed by atoms with Crippen LogP contribution in [-0.2, 0) is 10.0 Å². The number of hydrogen-bond acceptors (Lipinski definition) is 3. The summed E-state index contributed by atoms with van der Waals surface area (Å²) < 4.78 is 26.8. The predicted molar refractivity (Wildman–Crippen MR) is 77.6 cm³/mol. The Balaban J connectivity index is 1.86. The lowest BCUT2D eigenvalue weighted by atomic mass is 10.0. The van der Waals surface area contributed by atoms with E-state index in [4.69, 9.17) is 0 Å². The third kappa shape index (κ3) is 4.60. The molecule has 19 heavy (non-hydrogen) atoms. The third-order valence-electron chi connectivity index (χ3n) is 3.59. The van der Waals surface area contributed by atoms with Gasteiger partial charge in [0.05, 0.1) is 5.75 Å². The monoisotopic (exact) mass is 282 g/mol. The largest absolute Gasteiger partial charge is 0.316 e. The Morgan fingerprint density at radius 3 is 2.74 bits per heavy atom. The van der Waals surface area contributed by atoms with E-state index in [1.54, 1.807) is 0 Å². The van der Waals surface area contributed by atoms with Gasteiger partial charge in [-0.15, -0.1) is 0 Å². The molecule has 1 saturated heterocycles. The van der Waals surface area contributed by atoms with Gasteiger partial charge in [0.1, 0.15) is 0 Å². The van der Waals surface area contributed by atoms with Crippen LogP contribution in [0, 0.1) is 5.92 Å². The number of rotatable bonds is 6. The van der Waals surface area contributed by atoms with Crippen LogP contribution in [0.2, 0.25) is 0 Å². The van der Waals surface area contributed by atoms with Gasteiger partial charge in [-0.2, -0.15) is 0 Å². The predicted octanol–water partition coefficient (Wildman–Crippen LogP) is 1.32. The molecule has 1 aliphatic rings. The summed E-state index contributed by atoms with van der Waals surface area (Å²) in [5.41, 5.74) is 1.07. The van der Waals surface area contributed by atoms with Gasteiger partial charge in [0.25, 0.3) is 0 Å². The maximum atomic E-state index is 12.0. The first kappa shape index (κ1) is 14.5. The van der Waals surface area contributed by atoms with Crippen molar-refractivity contribution in [1.82, 2.24) is 10.0 Å². The summed E-state index contributed by atoms with van der Waals surface area (Å²) in [5.74, 6) is 0.596. The topological polar surface area (TPSA) is 58.2 Å². The first-order chi connectivity index (χ1) is 9.07. The summed E-state index contributed by atoms with van der Waals surface area (Å²) in [4.78, 5) is 0. The van der Waals surface area contributed by atoms with Crippen molar-refractivity contribution >= 4 is 10.0 Å². The van der Waals surface area contributed by atoms with Crippen molar-refractivity contribution in [2.45, 2.75) is 19.3 Å². The van der Waals surface area contributed by atoms with Gasteiger partial charge in [0, 0.05) is 6.54 Å². The summed E-state index contributed by atoms with van der Waals surface area (Å²) in [6, 6.07) is 9.77. The molecule has 5 heteroatoms. The Bertz CT molecular complexity index is 481. The molecular weight excluding hydrogens is 260 g/mol. The minimum absolute atomic E-state index is 0.0143. The second-order valence-electron chi connectivity index (χ2n) is 5.30. The van der Waals surface area contributed by atoms with Crippen LogP contribution >= 0.6 is 0 Å². The second-order valence-corrected chi connectivity index (χ2v) is 7.15. The normalized spacial score (nSPS) is 21.4. The minimum atomic E-state index is -3.19. The van der Waals surface area contributed by atoms with Crippen LogP contribution < -0.4 is 10.0 Å². The van der Waals surface area contributed by atoms with Crippen LogP contribution in [0.5, 0.6) is 0 Å². The Hall–Kier alpha value is -0.910. The molecule has 0 saturated carbocycles. The van der Waals surface area contributed by atoms with Crippen LogP contribution in [0.1, 0.15) is 24.8 Å². The van der Waals surface area contributed by atoms with Gasteiger partial charge in [-0.05, 0) is 36.9 Å². The number of sulfonamides is 1. The van der Waals surface area contributed by atoms with Crippen molar-refractivity contribution in [1.29, 1.82) is 0 Å². The van der Waals surface area contributed by atoms with Gasteiger partial charge >= 0.3 is 0 Å². The molecule has 106 valence electrons. The van der Waals surface area contributed by atoms with Gasteiger partial charge in [-0.3, -0.25) is 0 Å². The highest BCUT2D eigenvalue weighted by Gasteiger charge is 2.20. The zero-order valence-electron chi connectivity index (χ0n) is 11.3. The maximum Gasteiger partial charge on any atom is 0.212 e. The molecule has 1 aromatic rings. The van der Waals surface area contributed by atoms with Crippen molar-refractivity contribution in [3.63, 3.8) is 0 Å². The molecule has 0 spiro atoms. The summed E-state index contributed by atoms with van der Waals surface area (Å²) in [6.07, 6.45) is 1.05. The quantitative estimate of drug-likeness (QED) is 0.827. The molecule has 0 amide bonds. The smallest absolute Gasteiger partial charge is 0.212 e. The van der Waals surface area contributed by atoms with Gasteiger partial charge in [-0.25, -0.2) is 13.1 Å². The van der Waals surface area contributed by atoms with Crippen molar-refractivity contribution in [2.75, 3.05) is 25.4 Å². The lowest BCUT2D eigenvalue weighted by Gasteiger charge is -2.15. The fourth-order valence-corrected chi connectivity index (χ4v) is 3.86. The van der Waals surface area contributed by atoms with E-state index in [-0.39, 0.29) is 11.7 Å². The first-order valence-electron chi connectivity index (χ1n) is 6.80. The van der Waals surface area contributed by atoms with E-state index < -0.39 is 10.0 Å².